The molecule has 0 atom stereocenters. The van der Waals surface area contributed by atoms with E-state index in [0.717, 1.165) is 23.5 Å². The van der Waals surface area contributed by atoms with E-state index in [1.54, 1.807) is 0 Å². The molecule has 0 bridgehead atoms. The van der Waals surface area contributed by atoms with E-state index in [1.165, 1.54) is 0 Å². The molecule has 74 valence electrons. The normalized spacial score (nSPS) is 13.8. The third kappa shape index (κ3) is 1.58. The monoisotopic (exact) mass is 191 g/mol. The number of fused-ring (bicyclic) bond motifs is 1. The van der Waals surface area contributed by atoms with Crippen LogP contribution in [0.4, 0.5) is 5.69 Å². The van der Waals surface area contributed by atoms with Gasteiger partial charge in [0.1, 0.15) is 12.4 Å². The molecule has 0 aliphatic carbocycles. The van der Waals surface area contributed by atoms with Gasteiger partial charge in [-0.1, -0.05) is 6.92 Å². The van der Waals surface area contributed by atoms with Gasteiger partial charge in [-0.05, 0) is 18.2 Å². The van der Waals surface area contributed by atoms with Gasteiger partial charge in [-0.15, -0.1) is 0 Å². The molecular weight excluding hydrogens is 178 g/mol. The number of hydrogen-bond donors (Lipinski definition) is 1. The smallest absolute Gasteiger partial charge is 0.162 e. The molecule has 0 fully saturated rings. The van der Waals surface area contributed by atoms with Crippen molar-refractivity contribution in [2.24, 2.45) is 0 Å². The van der Waals surface area contributed by atoms with Gasteiger partial charge >= 0.3 is 0 Å². The maximum absolute atomic E-state index is 11.4. The van der Waals surface area contributed by atoms with Crippen LogP contribution >= 0.6 is 0 Å². The fourth-order valence-corrected chi connectivity index (χ4v) is 1.51. The van der Waals surface area contributed by atoms with Crippen LogP contribution in [0.5, 0.6) is 5.75 Å². The molecule has 0 amide bonds. The molecule has 1 heterocycles. The summed E-state index contributed by atoms with van der Waals surface area (Å²) in [6, 6.07) is 5.55. The van der Waals surface area contributed by atoms with Crippen molar-refractivity contribution < 1.29 is 9.53 Å². The number of ether oxygens (including phenoxy) is 1. The summed E-state index contributed by atoms with van der Waals surface area (Å²) in [5.74, 6) is 0.942. The highest BCUT2D eigenvalue weighted by molar-refractivity contribution is 5.96. The van der Waals surface area contributed by atoms with Crippen molar-refractivity contribution in [2.45, 2.75) is 13.3 Å². The summed E-state index contributed by atoms with van der Waals surface area (Å²) >= 11 is 0. The molecule has 0 radical (unpaired) electrons. The Morgan fingerprint density at radius 1 is 1.57 bits per heavy atom. The first kappa shape index (κ1) is 9.06. The Balaban J connectivity index is 2.33. The Labute approximate surface area is 83.1 Å². The molecular formula is C11H13NO2. The fraction of sp³-hybridized carbons (Fsp3) is 0.364. The molecule has 1 aromatic carbocycles. The van der Waals surface area contributed by atoms with Crippen molar-refractivity contribution in [1.29, 1.82) is 0 Å². The van der Waals surface area contributed by atoms with Crippen LogP contribution in [0.3, 0.4) is 0 Å². The first-order valence-corrected chi connectivity index (χ1v) is 4.85. The quantitative estimate of drug-likeness (QED) is 0.727. The van der Waals surface area contributed by atoms with Gasteiger partial charge in [0.15, 0.2) is 5.78 Å². The first-order valence-electron chi connectivity index (χ1n) is 4.85. The summed E-state index contributed by atoms with van der Waals surface area (Å²) in [5, 5.41) is 3.21. The van der Waals surface area contributed by atoms with Crippen LogP contribution in [-0.4, -0.2) is 18.9 Å². The maximum atomic E-state index is 11.4. The molecule has 3 heteroatoms. The van der Waals surface area contributed by atoms with Crippen LogP contribution < -0.4 is 10.1 Å². The van der Waals surface area contributed by atoms with Gasteiger partial charge in [-0.25, -0.2) is 0 Å². The van der Waals surface area contributed by atoms with Crippen LogP contribution in [0.15, 0.2) is 18.2 Å². The molecule has 0 saturated heterocycles. The molecule has 3 nitrogen and oxygen atoms in total. The van der Waals surface area contributed by atoms with E-state index < -0.39 is 0 Å². The minimum absolute atomic E-state index is 0.155. The molecule has 1 N–H and O–H groups in total. The van der Waals surface area contributed by atoms with Crippen molar-refractivity contribution in [3.05, 3.63) is 23.8 Å². The minimum atomic E-state index is 0.155. The van der Waals surface area contributed by atoms with Crippen LogP contribution in [-0.2, 0) is 0 Å². The van der Waals surface area contributed by atoms with Crippen molar-refractivity contribution in [3.63, 3.8) is 0 Å². The molecule has 2 rings (SSSR count). The summed E-state index contributed by atoms with van der Waals surface area (Å²) in [7, 11) is 0. The van der Waals surface area contributed by atoms with Crippen LogP contribution in [0.2, 0.25) is 0 Å². The number of rotatable bonds is 2. The first-order chi connectivity index (χ1) is 6.81. The highest BCUT2D eigenvalue weighted by Gasteiger charge is 2.11. The maximum Gasteiger partial charge on any atom is 0.162 e. The molecule has 14 heavy (non-hydrogen) atoms. The average molecular weight is 191 g/mol. The van der Waals surface area contributed by atoms with Gasteiger partial charge < -0.3 is 10.1 Å². The summed E-state index contributed by atoms with van der Waals surface area (Å²) in [6.45, 7) is 3.35. The van der Waals surface area contributed by atoms with Gasteiger partial charge in [0.05, 0.1) is 5.69 Å². The van der Waals surface area contributed by atoms with E-state index in [-0.39, 0.29) is 5.78 Å². The largest absolute Gasteiger partial charge is 0.490 e. The topological polar surface area (TPSA) is 38.3 Å². The Morgan fingerprint density at radius 2 is 2.43 bits per heavy atom. The number of ketones is 1. The van der Waals surface area contributed by atoms with Crippen molar-refractivity contribution in [1.82, 2.24) is 0 Å². The number of benzene rings is 1. The molecule has 1 aliphatic rings. The highest BCUT2D eigenvalue weighted by Crippen LogP contribution is 2.28. The lowest BCUT2D eigenvalue weighted by Crippen LogP contribution is -2.18. The van der Waals surface area contributed by atoms with Crippen molar-refractivity contribution >= 4 is 11.5 Å². The van der Waals surface area contributed by atoms with Gasteiger partial charge in [0.2, 0.25) is 0 Å². The number of hydrogen-bond acceptors (Lipinski definition) is 3. The van der Waals surface area contributed by atoms with Gasteiger partial charge in [0, 0.05) is 18.5 Å². The minimum Gasteiger partial charge on any atom is -0.490 e. The molecule has 0 unspecified atom stereocenters. The zero-order valence-corrected chi connectivity index (χ0v) is 8.17. The lowest BCUT2D eigenvalue weighted by atomic mass is 10.1. The standard InChI is InChI=1S/C11H13NO2/c1-2-10(13)8-3-4-9-11(7-8)14-6-5-12-9/h3-4,7,12H,2,5-6H2,1H3. The number of anilines is 1. The van der Waals surface area contributed by atoms with E-state index >= 15 is 0 Å². The predicted octanol–water partition coefficient (Wildman–Crippen LogP) is 2.08. The number of nitrogens with one attached hydrogen (secondary N) is 1. The van der Waals surface area contributed by atoms with Crippen molar-refractivity contribution in [2.75, 3.05) is 18.5 Å². The van der Waals surface area contributed by atoms with Crippen LogP contribution in [0.1, 0.15) is 23.7 Å². The third-order valence-electron chi connectivity index (χ3n) is 2.30. The van der Waals surface area contributed by atoms with Crippen LogP contribution in [0, 0.1) is 0 Å². The summed E-state index contributed by atoms with van der Waals surface area (Å²) in [5.41, 5.74) is 1.71. The zero-order valence-electron chi connectivity index (χ0n) is 8.17. The summed E-state index contributed by atoms with van der Waals surface area (Å²) < 4.78 is 5.44. The SMILES string of the molecule is CCC(=O)c1ccc2c(c1)OCCN2. The Hall–Kier alpha value is -1.51. The fourth-order valence-electron chi connectivity index (χ4n) is 1.51. The second kappa shape index (κ2) is 3.70. The van der Waals surface area contributed by atoms with Gasteiger partial charge in [0.25, 0.3) is 0 Å². The van der Waals surface area contributed by atoms with E-state index in [4.69, 9.17) is 4.74 Å². The summed E-state index contributed by atoms with van der Waals surface area (Å²) in [6.07, 6.45) is 0.534. The van der Waals surface area contributed by atoms with Crippen molar-refractivity contribution in [3.8, 4) is 5.75 Å². The lowest BCUT2D eigenvalue weighted by Gasteiger charge is -2.19. The Kier molecular flexibility index (Phi) is 2.39. The third-order valence-corrected chi connectivity index (χ3v) is 2.30. The number of carbonyl (C=O) groups is 1. The average Bonchev–Trinajstić information content (AvgIpc) is 2.27. The van der Waals surface area contributed by atoms with E-state index in [9.17, 15) is 4.79 Å². The second-order valence-corrected chi connectivity index (χ2v) is 3.26. The molecule has 0 aromatic heterocycles. The molecule has 1 aliphatic heterocycles. The predicted molar refractivity (Wildman–Crippen MR) is 55.0 cm³/mol. The van der Waals surface area contributed by atoms with Gasteiger partial charge in [-0.2, -0.15) is 0 Å². The van der Waals surface area contributed by atoms with Gasteiger partial charge in [-0.3, -0.25) is 4.79 Å². The molecule has 0 spiro atoms. The lowest BCUT2D eigenvalue weighted by molar-refractivity contribution is 0.0987. The zero-order chi connectivity index (χ0) is 9.97. The molecule has 1 aromatic rings. The van der Waals surface area contributed by atoms with E-state index in [2.05, 4.69) is 5.32 Å². The number of carbonyl (C=O) groups excluding carboxylic acids is 1. The van der Waals surface area contributed by atoms with E-state index in [1.807, 2.05) is 25.1 Å². The summed E-state index contributed by atoms with van der Waals surface area (Å²) in [4.78, 5) is 11.4. The highest BCUT2D eigenvalue weighted by atomic mass is 16.5. The Bertz CT molecular complexity index is 360. The molecule has 0 saturated carbocycles. The van der Waals surface area contributed by atoms with E-state index in [0.29, 0.717) is 13.0 Å². The Morgan fingerprint density at radius 3 is 3.21 bits per heavy atom. The van der Waals surface area contributed by atoms with Crippen LogP contribution in [0.25, 0.3) is 0 Å². The number of Topliss-reactive ketones (excluding diaryl/α,β-unsaturated/α-hetero) is 1. The second-order valence-electron chi connectivity index (χ2n) is 3.26.